The molecule has 2 rings (SSSR count). The third kappa shape index (κ3) is 1.35. The summed E-state index contributed by atoms with van der Waals surface area (Å²) in [4.78, 5) is 0. The highest BCUT2D eigenvalue weighted by Gasteiger charge is 2.62. The molecule has 0 spiro atoms. The minimum atomic E-state index is -2.85. The van der Waals surface area contributed by atoms with Gasteiger partial charge < -0.3 is 15.2 Å². The monoisotopic (exact) mass is 193 g/mol. The van der Waals surface area contributed by atoms with Crippen molar-refractivity contribution < 1.29 is 18.3 Å². The molecule has 1 saturated heterocycles. The van der Waals surface area contributed by atoms with E-state index in [0.29, 0.717) is 0 Å². The maximum Gasteiger partial charge on any atom is 0.278 e. The molecule has 2 fully saturated rings. The van der Waals surface area contributed by atoms with Gasteiger partial charge in [-0.2, -0.15) is 0 Å². The van der Waals surface area contributed by atoms with Gasteiger partial charge in [-0.1, -0.05) is 0 Å². The Bertz CT molecular complexity index is 232. The number of ether oxygens (including phenoxy) is 2. The van der Waals surface area contributed by atoms with Crippen LogP contribution in [0.4, 0.5) is 8.78 Å². The van der Waals surface area contributed by atoms with Crippen molar-refractivity contribution in [1.29, 1.82) is 0 Å². The van der Waals surface area contributed by atoms with Crippen LogP contribution in [0.15, 0.2) is 0 Å². The zero-order chi connectivity index (χ0) is 9.85. The predicted octanol–water partition coefficient (Wildman–Crippen LogP) is 0.873. The van der Waals surface area contributed by atoms with Crippen molar-refractivity contribution in [3.63, 3.8) is 0 Å². The van der Waals surface area contributed by atoms with E-state index >= 15 is 0 Å². The molecule has 1 aliphatic carbocycles. The molecule has 76 valence electrons. The average molecular weight is 193 g/mol. The van der Waals surface area contributed by atoms with Gasteiger partial charge in [0, 0.05) is 12.5 Å². The first-order valence-corrected chi connectivity index (χ1v) is 4.31. The fourth-order valence-electron chi connectivity index (χ4n) is 1.98. The maximum absolute atomic E-state index is 13.2. The predicted molar refractivity (Wildman–Crippen MR) is 41.4 cm³/mol. The minimum absolute atomic E-state index is 0.349. The molecule has 0 bridgehead atoms. The number of hydrogen-bond donors (Lipinski definition) is 1. The van der Waals surface area contributed by atoms with Gasteiger partial charge in [0.15, 0.2) is 11.9 Å². The van der Waals surface area contributed by atoms with Gasteiger partial charge in [-0.3, -0.25) is 0 Å². The molecule has 0 amide bonds. The molecule has 1 aliphatic heterocycles. The number of fused-ring (bicyclic) bond motifs is 1. The molecule has 3 nitrogen and oxygen atoms in total. The Morgan fingerprint density at radius 1 is 1.31 bits per heavy atom. The van der Waals surface area contributed by atoms with Crippen molar-refractivity contribution in [1.82, 2.24) is 0 Å². The Morgan fingerprint density at radius 2 is 1.92 bits per heavy atom. The maximum atomic E-state index is 13.2. The van der Waals surface area contributed by atoms with Gasteiger partial charge in [0.05, 0.1) is 0 Å². The molecule has 0 aromatic rings. The lowest BCUT2D eigenvalue weighted by Gasteiger charge is -2.22. The van der Waals surface area contributed by atoms with E-state index in [1.807, 2.05) is 0 Å². The molecule has 0 radical (unpaired) electrons. The van der Waals surface area contributed by atoms with E-state index in [0.717, 1.165) is 0 Å². The molecule has 3 atom stereocenters. The Hall–Kier alpha value is -0.260. The summed E-state index contributed by atoms with van der Waals surface area (Å²) in [5.41, 5.74) is 5.53. The van der Waals surface area contributed by atoms with E-state index in [1.165, 1.54) is 0 Å². The van der Waals surface area contributed by atoms with Gasteiger partial charge in [-0.15, -0.1) is 0 Å². The van der Waals surface area contributed by atoms with E-state index in [-0.39, 0.29) is 6.42 Å². The Kier molecular flexibility index (Phi) is 1.72. The van der Waals surface area contributed by atoms with Crippen LogP contribution in [0.5, 0.6) is 0 Å². The molecular formula is C8H13F2NO2. The molecular weight excluding hydrogens is 180 g/mol. The van der Waals surface area contributed by atoms with Gasteiger partial charge in [0.1, 0.15) is 6.10 Å². The molecule has 2 N–H and O–H groups in total. The quantitative estimate of drug-likeness (QED) is 0.621. The normalized spacial score (nSPS) is 46.4. The lowest BCUT2D eigenvalue weighted by Crippen LogP contribution is -2.35. The van der Waals surface area contributed by atoms with Crippen molar-refractivity contribution in [3.05, 3.63) is 0 Å². The first kappa shape index (κ1) is 9.30. The minimum Gasteiger partial charge on any atom is -0.343 e. The molecule has 13 heavy (non-hydrogen) atoms. The van der Waals surface area contributed by atoms with Crippen LogP contribution >= 0.6 is 0 Å². The summed E-state index contributed by atoms with van der Waals surface area (Å²) in [5.74, 6) is -3.78. The van der Waals surface area contributed by atoms with E-state index in [4.69, 9.17) is 15.2 Å². The summed E-state index contributed by atoms with van der Waals surface area (Å²) in [6.45, 7) is 3.24. The van der Waals surface area contributed by atoms with Gasteiger partial charge in [-0.05, 0) is 13.8 Å². The fourth-order valence-corrected chi connectivity index (χ4v) is 1.98. The highest BCUT2D eigenvalue weighted by Crippen LogP contribution is 2.45. The summed E-state index contributed by atoms with van der Waals surface area (Å²) in [6.07, 6.45) is -2.18. The zero-order valence-electron chi connectivity index (χ0n) is 7.59. The first-order valence-electron chi connectivity index (χ1n) is 4.31. The third-order valence-corrected chi connectivity index (χ3v) is 2.48. The van der Waals surface area contributed by atoms with Crippen LogP contribution in [0.3, 0.4) is 0 Å². The van der Waals surface area contributed by atoms with Crippen LogP contribution < -0.4 is 5.73 Å². The summed E-state index contributed by atoms with van der Waals surface area (Å²) in [7, 11) is 0. The highest BCUT2D eigenvalue weighted by atomic mass is 19.3. The smallest absolute Gasteiger partial charge is 0.278 e. The average Bonchev–Trinajstić information content (AvgIpc) is 2.32. The molecule has 1 heterocycles. The van der Waals surface area contributed by atoms with Gasteiger partial charge in [-0.25, -0.2) is 8.78 Å². The van der Waals surface area contributed by atoms with E-state index in [9.17, 15) is 8.78 Å². The third-order valence-electron chi connectivity index (χ3n) is 2.48. The van der Waals surface area contributed by atoms with Crippen molar-refractivity contribution >= 4 is 0 Å². The topological polar surface area (TPSA) is 44.5 Å². The van der Waals surface area contributed by atoms with Crippen molar-refractivity contribution in [2.24, 2.45) is 5.73 Å². The number of hydrogen-bond acceptors (Lipinski definition) is 3. The number of rotatable bonds is 0. The van der Waals surface area contributed by atoms with E-state index in [2.05, 4.69) is 0 Å². The van der Waals surface area contributed by atoms with E-state index < -0.39 is 30.0 Å². The second-order valence-electron chi connectivity index (χ2n) is 4.15. The Balaban J connectivity index is 2.23. The largest absolute Gasteiger partial charge is 0.343 e. The lowest BCUT2D eigenvalue weighted by molar-refractivity contribution is -0.188. The van der Waals surface area contributed by atoms with E-state index in [1.54, 1.807) is 13.8 Å². The Morgan fingerprint density at radius 3 is 2.46 bits per heavy atom. The fraction of sp³-hybridized carbons (Fsp3) is 1.00. The number of halogens is 2. The van der Waals surface area contributed by atoms with Crippen LogP contribution in [0.2, 0.25) is 0 Å². The van der Waals surface area contributed by atoms with Crippen molar-refractivity contribution in [2.45, 2.75) is 50.2 Å². The van der Waals surface area contributed by atoms with Crippen LogP contribution in [0.25, 0.3) is 0 Å². The molecule has 1 saturated carbocycles. The molecule has 5 heteroatoms. The second-order valence-corrected chi connectivity index (χ2v) is 4.15. The van der Waals surface area contributed by atoms with Gasteiger partial charge >= 0.3 is 0 Å². The first-order chi connectivity index (χ1) is 5.82. The summed E-state index contributed by atoms with van der Waals surface area (Å²) in [6, 6.07) is -0.623. The van der Waals surface area contributed by atoms with Crippen LogP contribution in [-0.4, -0.2) is 30.0 Å². The molecule has 2 aliphatic rings. The summed E-state index contributed by atoms with van der Waals surface area (Å²) < 4.78 is 36.8. The second kappa shape index (κ2) is 2.40. The SMILES string of the molecule is CC1(C)O[C@H]2[C@H](N)CC(F)(F)[C@H]2O1. The standard InChI is InChI=1S/C8H13F2NO2/c1-7(2)12-5-4(11)3-8(9,10)6(5)13-7/h4-6H,3,11H2,1-2H3/t4-,5+,6+/m1/s1. The zero-order valence-corrected chi connectivity index (χ0v) is 7.59. The number of alkyl halides is 2. The van der Waals surface area contributed by atoms with Crippen LogP contribution in [0.1, 0.15) is 20.3 Å². The van der Waals surface area contributed by atoms with Crippen molar-refractivity contribution in [3.8, 4) is 0 Å². The van der Waals surface area contributed by atoms with Crippen LogP contribution in [0, 0.1) is 0 Å². The Labute approximate surface area is 75.2 Å². The lowest BCUT2D eigenvalue weighted by atomic mass is 10.2. The molecule has 0 aromatic heterocycles. The van der Waals surface area contributed by atoms with Gasteiger partial charge in [0.25, 0.3) is 5.92 Å². The highest BCUT2D eigenvalue weighted by molar-refractivity contribution is 5.04. The van der Waals surface area contributed by atoms with Crippen molar-refractivity contribution in [2.75, 3.05) is 0 Å². The summed E-state index contributed by atoms with van der Waals surface area (Å²) >= 11 is 0. The van der Waals surface area contributed by atoms with Crippen LogP contribution in [-0.2, 0) is 9.47 Å². The van der Waals surface area contributed by atoms with Gasteiger partial charge in [0.2, 0.25) is 0 Å². The molecule has 0 unspecified atom stereocenters. The summed E-state index contributed by atoms with van der Waals surface area (Å²) in [5, 5.41) is 0. The number of nitrogens with two attached hydrogens (primary N) is 1. The molecule has 0 aromatic carbocycles.